The number of hydrogen-bond donors (Lipinski definition) is 1. The summed E-state index contributed by atoms with van der Waals surface area (Å²) in [6.07, 6.45) is 4.05. The molecule has 25 heavy (non-hydrogen) atoms. The van der Waals surface area contributed by atoms with Crippen LogP contribution in [0.15, 0.2) is 75.7 Å². The lowest BCUT2D eigenvalue weighted by atomic mass is 10.1. The predicted molar refractivity (Wildman–Crippen MR) is 100 cm³/mol. The molecular formula is C20H22N4O. The second-order valence-corrected chi connectivity index (χ2v) is 5.91. The summed E-state index contributed by atoms with van der Waals surface area (Å²) >= 11 is 0. The minimum absolute atomic E-state index is 0.169. The Hall–Kier alpha value is -2.95. The Bertz CT molecular complexity index is 879. The fraction of sp³-hybridized carbons (Fsp3) is 0.250. The second kappa shape index (κ2) is 8.24. The van der Waals surface area contributed by atoms with Gasteiger partial charge in [-0.3, -0.25) is 9.89 Å². The molecule has 5 heteroatoms. The summed E-state index contributed by atoms with van der Waals surface area (Å²) in [5, 5.41) is 11.7. The molecule has 0 atom stereocenters. The summed E-state index contributed by atoms with van der Waals surface area (Å²) in [4.78, 5) is 12.8. The minimum Gasteiger partial charge on any atom is -0.293 e. The number of unbranched alkanes of at least 4 members (excludes halogenated alkanes) is 2. The van der Waals surface area contributed by atoms with Gasteiger partial charge in [0.25, 0.3) is 5.56 Å². The highest BCUT2D eigenvalue weighted by Gasteiger charge is 2.14. The van der Waals surface area contributed by atoms with Crippen molar-refractivity contribution < 1.29 is 0 Å². The van der Waals surface area contributed by atoms with E-state index in [-0.39, 0.29) is 5.56 Å². The number of para-hydroxylation sites is 1. The van der Waals surface area contributed by atoms with E-state index in [0.717, 1.165) is 42.8 Å². The number of hydrogen-bond acceptors (Lipinski definition) is 3. The zero-order valence-corrected chi connectivity index (χ0v) is 14.4. The fourth-order valence-electron chi connectivity index (χ4n) is 2.66. The van der Waals surface area contributed by atoms with E-state index in [1.165, 1.54) is 0 Å². The molecule has 0 aliphatic rings. The molecule has 5 nitrogen and oxygen atoms in total. The maximum atomic E-state index is 12.8. The van der Waals surface area contributed by atoms with E-state index in [2.05, 4.69) is 22.3 Å². The number of azo groups is 1. The maximum absolute atomic E-state index is 12.8. The Kier molecular flexibility index (Phi) is 5.57. The van der Waals surface area contributed by atoms with Gasteiger partial charge in [-0.25, -0.2) is 4.68 Å². The van der Waals surface area contributed by atoms with E-state index in [9.17, 15) is 4.79 Å². The van der Waals surface area contributed by atoms with Crippen molar-refractivity contribution in [3.05, 3.63) is 76.7 Å². The first-order chi connectivity index (χ1) is 12.3. The van der Waals surface area contributed by atoms with Crippen LogP contribution in [0, 0.1) is 0 Å². The monoisotopic (exact) mass is 334 g/mol. The molecule has 0 saturated heterocycles. The number of rotatable bonds is 7. The van der Waals surface area contributed by atoms with E-state index in [1.54, 1.807) is 4.68 Å². The summed E-state index contributed by atoms with van der Waals surface area (Å²) in [5.74, 6) is 0. The highest BCUT2D eigenvalue weighted by Crippen LogP contribution is 2.21. The van der Waals surface area contributed by atoms with Gasteiger partial charge in [0, 0.05) is 0 Å². The average molecular weight is 334 g/mol. The van der Waals surface area contributed by atoms with Crippen LogP contribution >= 0.6 is 0 Å². The SMILES string of the molecule is CCCCCc1[nH]n(-c2ccccc2)c(=O)c1N=Nc1ccccc1. The molecule has 1 heterocycles. The average Bonchev–Trinajstić information content (AvgIpc) is 2.97. The van der Waals surface area contributed by atoms with Gasteiger partial charge in [0.1, 0.15) is 0 Å². The lowest BCUT2D eigenvalue weighted by molar-refractivity contribution is 0.696. The van der Waals surface area contributed by atoms with Gasteiger partial charge in [0.15, 0.2) is 5.69 Å². The first kappa shape index (κ1) is 16.9. The van der Waals surface area contributed by atoms with Crippen molar-refractivity contribution in [1.82, 2.24) is 9.78 Å². The van der Waals surface area contributed by atoms with E-state index in [0.29, 0.717) is 5.69 Å². The van der Waals surface area contributed by atoms with Gasteiger partial charge >= 0.3 is 0 Å². The Morgan fingerprint density at radius 3 is 2.28 bits per heavy atom. The summed E-state index contributed by atoms with van der Waals surface area (Å²) in [6, 6.07) is 19.0. The highest BCUT2D eigenvalue weighted by molar-refractivity contribution is 5.45. The molecule has 0 bridgehead atoms. The molecule has 0 unspecified atom stereocenters. The molecule has 1 N–H and O–H groups in total. The third-order valence-corrected chi connectivity index (χ3v) is 4.00. The van der Waals surface area contributed by atoms with Crippen LogP contribution in [0.4, 0.5) is 11.4 Å². The van der Waals surface area contributed by atoms with Gasteiger partial charge in [-0.1, -0.05) is 56.2 Å². The molecule has 0 saturated carbocycles. The van der Waals surface area contributed by atoms with Gasteiger partial charge in [0.05, 0.1) is 17.1 Å². The lowest BCUT2D eigenvalue weighted by Crippen LogP contribution is -2.13. The van der Waals surface area contributed by atoms with Crippen molar-refractivity contribution in [2.24, 2.45) is 10.2 Å². The zero-order valence-electron chi connectivity index (χ0n) is 14.4. The standard InChI is InChI=1S/C20H22N4O/c1-2-3-6-15-18-19(22-21-16-11-7-4-8-12-16)20(25)24(23-18)17-13-9-5-10-14-17/h4-5,7-14,23H,2-3,6,15H2,1H3. The Morgan fingerprint density at radius 1 is 0.920 bits per heavy atom. The molecule has 0 spiro atoms. The van der Waals surface area contributed by atoms with Crippen molar-refractivity contribution in [3.63, 3.8) is 0 Å². The summed E-state index contributed by atoms with van der Waals surface area (Å²) in [7, 11) is 0. The molecule has 2 aromatic carbocycles. The number of aromatic amines is 1. The lowest BCUT2D eigenvalue weighted by Gasteiger charge is -2.01. The van der Waals surface area contributed by atoms with Crippen LogP contribution in [0.3, 0.4) is 0 Å². The molecular weight excluding hydrogens is 312 g/mol. The first-order valence-corrected chi connectivity index (χ1v) is 8.65. The smallest absolute Gasteiger partial charge is 0.293 e. The van der Waals surface area contributed by atoms with Crippen LogP contribution in [0.1, 0.15) is 31.9 Å². The molecule has 1 aromatic heterocycles. The molecule has 0 aliphatic carbocycles. The topological polar surface area (TPSA) is 62.5 Å². The van der Waals surface area contributed by atoms with E-state index < -0.39 is 0 Å². The fourth-order valence-corrected chi connectivity index (χ4v) is 2.66. The number of aryl methyl sites for hydroxylation is 1. The van der Waals surface area contributed by atoms with Gasteiger partial charge < -0.3 is 0 Å². The quantitative estimate of drug-likeness (QED) is 0.461. The van der Waals surface area contributed by atoms with Crippen LogP contribution in [-0.4, -0.2) is 9.78 Å². The van der Waals surface area contributed by atoms with Crippen molar-refractivity contribution in [3.8, 4) is 5.69 Å². The first-order valence-electron chi connectivity index (χ1n) is 8.65. The van der Waals surface area contributed by atoms with Gasteiger partial charge in [-0.2, -0.15) is 5.11 Å². The van der Waals surface area contributed by atoms with Crippen LogP contribution < -0.4 is 5.56 Å². The van der Waals surface area contributed by atoms with Crippen molar-refractivity contribution in [2.75, 3.05) is 0 Å². The largest absolute Gasteiger partial charge is 0.299 e. The van der Waals surface area contributed by atoms with Crippen LogP contribution in [0.5, 0.6) is 0 Å². The summed E-state index contributed by atoms with van der Waals surface area (Å²) in [6.45, 7) is 2.16. The molecule has 0 radical (unpaired) electrons. The van der Waals surface area contributed by atoms with Crippen molar-refractivity contribution >= 4 is 11.4 Å². The molecule has 0 fully saturated rings. The van der Waals surface area contributed by atoms with E-state index >= 15 is 0 Å². The molecule has 0 aliphatic heterocycles. The van der Waals surface area contributed by atoms with Crippen LogP contribution in [-0.2, 0) is 6.42 Å². The summed E-state index contributed by atoms with van der Waals surface area (Å²) < 4.78 is 1.54. The Balaban J connectivity index is 1.97. The third-order valence-electron chi connectivity index (χ3n) is 4.00. The van der Waals surface area contributed by atoms with Crippen molar-refractivity contribution in [2.45, 2.75) is 32.6 Å². The normalized spacial score (nSPS) is 11.2. The second-order valence-electron chi connectivity index (χ2n) is 5.91. The number of nitrogens with zero attached hydrogens (tertiary/aromatic N) is 3. The van der Waals surface area contributed by atoms with Gasteiger partial charge in [0.2, 0.25) is 0 Å². The van der Waals surface area contributed by atoms with E-state index in [1.807, 2.05) is 60.7 Å². The molecule has 0 amide bonds. The van der Waals surface area contributed by atoms with Crippen LogP contribution in [0.2, 0.25) is 0 Å². The third kappa shape index (κ3) is 4.12. The van der Waals surface area contributed by atoms with Gasteiger partial charge in [-0.05, 0) is 37.1 Å². The van der Waals surface area contributed by atoms with Crippen LogP contribution in [0.25, 0.3) is 5.69 Å². The van der Waals surface area contributed by atoms with E-state index in [4.69, 9.17) is 0 Å². The number of nitrogens with one attached hydrogen (secondary N) is 1. The number of benzene rings is 2. The maximum Gasteiger partial charge on any atom is 0.299 e. The molecule has 3 rings (SSSR count). The van der Waals surface area contributed by atoms with Crippen molar-refractivity contribution in [1.29, 1.82) is 0 Å². The molecule has 3 aromatic rings. The molecule has 128 valence electrons. The zero-order chi connectivity index (χ0) is 17.5. The minimum atomic E-state index is -0.169. The summed E-state index contributed by atoms with van der Waals surface area (Å²) in [5.41, 5.74) is 2.59. The Morgan fingerprint density at radius 2 is 1.60 bits per heavy atom. The highest BCUT2D eigenvalue weighted by atomic mass is 16.1. The number of aromatic nitrogens is 2. The number of H-pyrrole nitrogens is 1. The predicted octanol–water partition coefficient (Wildman–Crippen LogP) is 5.31. The van der Waals surface area contributed by atoms with Gasteiger partial charge in [-0.15, -0.1) is 5.11 Å². The Labute approximate surface area is 147 Å².